The van der Waals surface area contributed by atoms with E-state index in [0.29, 0.717) is 33.4 Å². The molecule has 1 aliphatic rings. The van der Waals surface area contributed by atoms with E-state index in [0.717, 1.165) is 5.56 Å². The molecule has 2 N–H and O–H groups in total. The van der Waals surface area contributed by atoms with Gasteiger partial charge in [0.05, 0.1) is 30.3 Å². The van der Waals surface area contributed by atoms with Crippen molar-refractivity contribution in [1.82, 2.24) is 15.4 Å². The first-order valence-corrected chi connectivity index (χ1v) is 12.4. The van der Waals surface area contributed by atoms with Crippen molar-refractivity contribution in [2.75, 3.05) is 12.4 Å². The second-order valence-corrected chi connectivity index (χ2v) is 11.0. The summed E-state index contributed by atoms with van der Waals surface area (Å²) in [5.74, 6) is 0.191. The molecule has 8 nitrogen and oxygen atoms in total. The van der Waals surface area contributed by atoms with Crippen LogP contribution in [0.4, 0.5) is 4.79 Å². The molecule has 0 aliphatic carbocycles. The first-order chi connectivity index (χ1) is 15.9. The van der Waals surface area contributed by atoms with Crippen LogP contribution in [0.1, 0.15) is 62.1 Å². The van der Waals surface area contributed by atoms with Crippen LogP contribution in [-0.4, -0.2) is 34.5 Å². The lowest BCUT2D eigenvalue weighted by Gasteiger charge is -2.22. The van der Waals surface area contributed by atoms with E-state index in [4.69, 9.17) is 21.2 Å². The Kier molecular flexibility index (Phi) is 8.33. The highest BCUT2D eigenvalue weighted by Crippen LogP contribution is 2.38. The number of rotatable bonds is 7. The van der Waals surface area contributed by atoms with Gasteiger partial charge in [-0.3, -0.25) is 14.4 Å². The molecule has 34 heavy (non-hydrogen) atoms. The van der Waals surface area contributed by atoms with E-state index in [9.17, 15) is 14.4 Å². The number of aromatic nitrogens is 1. The minimum Gasteiger partial charge on any atom is -0.444 e. The summed E-state index contributed by atoms with van der Waals surface area (Å²) < 4.78 is 6.83. The molecule has 1 atom stereocenters. The number of amides is 2. The molecule has 2 amide bonds. The highest BCUT2D eigenvalue weighted by molar-refractivity contribution is 7.99. The number of carbonyl (C=O) groups is 2. The van der Waals surface area contributed by atoms with Gasteiger partial charge in [-0.1, -0.05) is 37.6 Å². The number of thioether (sulfide) groups is 1. The standard InChI is InChI=1S/C24H30ClN3O5S/c1-14(2)12-32-27-21(29)17-11-28(10-15-6-8-16(25)9-7-15)22(30)19-18(13-34-20(17)19)26-23(31)33-24(3,4)5/h6-9,11,14,18H,10,12-13H2,1-5H3,(H,26,31)(H,27,29)/t18-/m0/s1. The van der Waals surface area contributed by atoms with E-state index in [2.05, 4.69) is 10.8 Å². The van der Waals surface area contributed by atoms with E-state index in [1.54, 1.807) is 32.9 Å². The number of ether oxygens (including phenoxy) is 1. The van der Waals surface area contributed by atoms with Gasteiger partial charge < -0.3 is 14.6 Å². The lowest BCUT2D eigenvalue weighted by atomic mass is 10.1. The molecule has 0 radical (unpaired) electrons. The van der Waals surface area contributed by atoms with Crippen LogP contribution in [0.3, 0.4) is 0 Å². The van der Waals surface area contributed by atoms with Gasteiger partial charge >= 0.3 is 6.09 Å². The van der Waals surface area contributed by atoms with Crippen LogP contribution in [0.15, 0.2) is 40.2 Å². The fraction of sp³-hybridized carbons (Fsp3) is 0.458. The normalized spacial score (nSPS) is 15.2. The zero-order valence-electron chi connectivity index (χ0n) is 19.9. The van der Waals surface area contributed by atoms with E-state index >= 15 is 0 Å². The molecular weight excluding hydrogens is 478 g/mol. The number of hydrogen-bond acceptors (Lipinski definition) is 6. The monoisotopic (exact) mass is 507 g/mol. The predicted molar refractivity (Wildman–Crippen MR) is 132 cm³/mol. The van der Waals surface area contributed by atoms with Crippen molar-refractivity contribution in [3.63, 3.8) is 0 Å². The number of fused-ring (bicyclic) bond motifs is 1. The topological polar surface area (TPSA) is 98.7 Å². The second kappa shape index (κ2) is 10.8. The fourth-order valence-corrected chi connectivity index (χ4v) is 4.74. The van der Waals surface area contributed by atoms with Crippen molar-refractivity contribution in [3.05, 3.63) is 62.5 Å². The van der Waals surface area contributed by atoms with E-state index in [1.165, 1.54) is 22.5 Å². The third kappa shape index (κ3) is 6.77. The number of halogens is 1. The highest BCUT2D eigenvalue weighted by Gasteiger charge is 2.34. The van der Waals surface area contributed by atoms with Gasteiger partial charge in [-0.25, -0.2) is 10.3 Å². The lowest BCUT2D eigenvalue weighted by molar-refractivity contribution is 0.0205. The smallest absolute Gasteiger partial charge is 0.408 e. The maximum Gasteiger partial charge on any atom is 0.408 e. The maximum absolute atomic E-state index is 13.5. The minimum absolute atomic E-state index is 0.236. The summed E-state index contributed by atoms with van der Waals surface area (Å²) in [6.45, 7) is 9.83. The van der Waals surface area contributed by atoms with Gasteiger partial charge in [-0.2, -0.15) is 0 Å². The molecule has 0 fully saturated rings. The van der Waals surface area contributed by atoms with Crippen LogP contribution in [-0.2, 0) is 16.1 Å². The fourth-order valence-electron chi connectivity index (χ4n) is 3.34. The summed E-state index contributed by atoms with van der Waals surface area (Å²) in [6.07, 6.45) is 0.914. The second-order valence-electron chi connectivity index (χ2n) is 9.49. The van der Waals surface area contributed by atoms with Crippen LogP contribution < -0.4 is 16.4 Å². The lowest BCUT2D eigenvalue weighted by Crippen LogP contribution is -2.38. The van der Waals surface area contributed by atoms with E-state index in [1.807, 2.05) is 26.0 Å². The molecule has 3 rings (SSSR count). The van der Waals surface area contributed by atoms with E-state index < -0.39 is 23.6 Å². The Balaban J connectivity index is 1.97. The number of nitrogens with one attached hydrogen (secondary N) is 2. The molecule has 1 aliphatic heterocycles. The zero-order chi connectivity index (χ0) is 25.0. The Hall–Kier alpha value is -2.49. The summed E-state index contributed by atoms with van der Waals surface area (Å²) in [6, 6.07) is 6.52. The third-order valence-corrected chi connectivity index (χ3v) is 6.27. The molecular formula is C24H30ClN3O5S. The van der Waals surface area contributed by atoms with Crippen LogP contribution in [0.2, 0.25) is 5.02 Å². The minimum atomic E-state index is -0.678. The van der Waals surface area contributed by atoms with Gasteiger partial charge in [-0.15, -0.1) is 11.8 Å². The molecule has 0 spiro atoms. The number of benzene rings is 1. The maximum atomic E-state index is 13.5. The summed E-state index contributed by atoms with van der Waals surface area (Å²) in [5, 5.41) is 3.37. The molecule has 0 saturated carbocycles. The molecule has 1 aromatic heterocycles. The van der Waals surface area contributed by atoms with Gasteiger partial charge in [0.1, 0.15) is 5.60 Å². The third-order valence-electron chi connectivity index (χ3n) is 4.79. The number of carbonyl (C=O) groups excluding carboxylic acids is 2. The van der Waals surface area contributed by atoms with Crippen molar-refractivity contribution in [2.24, 2.45) is 5.92 Å². The summed E-state index contributed by atoms with van der Waals surface area (Å²) in [7, 11) is 0. The number of hydrogen-bond donors (Lipinski definition) is 2. The number of alkyl carbamates (subject to hydrolysis) is 1. The van der Waals surface area contributed by atoms with Crippen molar-refractivity contribution in [2.45, 2.75) is 57.7 Å². The van der Waals surface area contributed by atoms with Crippen molar-refractivity contribution in [1.29, 1.82) is 0 Å². The van der Waals surface area contributed by atoms with Gasteiger partial charge in [0.15, 0.2) is 0 Å². The van der Waals surface area contributed by atoms with Crippen LogP contribution >= 0.6 is 23.4 Å². The highest BCUT2D eigenvalue weighted by atomic mass is 35.5. The zero-order valence-corrected chi connectivity index (χ0v) is 21.5. The number of hydroxylamine groups is 1. The molecule has 184 valence electrons. The molecule has 2 aromatic rings. The van der Waals surface area contributed by atoms with Crippen LogP contribution in [0.25, 0.3) is 0 Å². The molecule has 2 heterocycles. The van der Waals surface area contributed by atoms with Crippen molar-refractivity contribution < 1.29 is 19.2 Å². The van der Waals surface area contributed by atoms with Crippen LogP contribution in [0.5, 0.6) is 0 Å². The Morgan fingerprint density at radius 3 is 2.53 bits per heavy atom. The molecule has 10 heteroatoms. The Bertz CT molecular complexity index is 1110. The molecule has 0 saturated heterocycles. The Morgan fingerprint density at radius 2 is 1.91 bits per heavy atom. The summed E-state index contributed by atoms with van der Waals surface area (Å²) >= 11 is 7.33. The number of pyridine rings is 1. The summed E-state index contributed by atoms with van der Waals surface area (Å²) in [4.78, 5) is 44.7. The molecule has 1 aromatic carbocycles. The van der Waals surface area contributed by atoms with Gasteiger partial charge in [0.2, 0.25) is 0 Å². The Labute approximate surface area is 208 Å². The molecule has 0 bridgehead atoms. The SMILES string of the molecule is CC(C)CONC(=O)c1cn(Cc2ccc(Cl)cc2)c(=O)c2c1SC[C@@H]2NC(=O)OC(C)(C)C. The van der Waals surface area contributed by atoms with Gasteiger partial charge in [0.25, 0.3) is 11.5 Å². The first kappa shape index (κ1) is 26.1. The predicted octanol–water partition coefficient (Wildman–Crippen LogP) is 4.54. The van der Waals surface area contributed by atoms with Gasteiger partial charge in [-0.05, 0) is 44.4 Å². The summed E-state index contributed by atoms with van der Waals surface area (Å²) in [5.41, 5.74) is 3.03. The van der Waals surface area contributed by atoms with Crippen molar-refractivity contribution in [3.8, 4) is 0 Å². The Morgan fingerprint density at radius 1 is 1.24 bits per heavy atom. The average Bonchev–Trinajstić information content (AvgIpc) is 3.13. The average molecular weight is 508 g/mol. The first-order valence-electron chi connectivity index (χ1n) is 11.0. The van der Waals surface area contributed by atoms with E-state index in [-0.39, 0.29) is 18.0 Å². The van der Waals surface area contributed by atoms with Gasteiger partial charge in [0, 0.05) is 21.9 Å². The number of nitrogens with zero attached hydrogens (tertiary/aromatic N) is 1. The van der Waals surface area contributed by atoms with Crippen molar-refractivity contribution >= 4 is 35.4 Å². The molecule has 0 unspecified atom stereocenters. The van der Waals surface area contributed by atoms with Crippen LogP contribution in [0, 0.1) is 5.92 Å². The quantitative estimate of drug-likeness (QED) is 0.534. The largest absolute Gasteiger partial charge is 0.444 e.